The number of aromatic nitrogens is 4. The number of H-pyrrole nitrogens is 1. The van der Waals surface area contributed by atoms with Crippen LogP contribution < -0.4 is 10.6 Å². The zero-order valence-electron chi connectivity index (χ0n) is 13.7. The molecule has 0 radical (unpaired) electrons. The van der Waals surface area contributed by atoms with Crippen LogP contribution in [-0.4, -0.2) is 32.3 Å². The third kappa shape index (κ3) is 4.12. The van der Waals surface area contributed by atoms with E-state index in [1.165, 1.54) is 4.57 Å². The second-order valence-electron chi connectivity index (χ2n) is 6.18. The number of hydrogen-bond acceptors (Lipinski definition) is 3. The predicted octanol–water partition coefficient (Wildman–Crippen LogP) is 2.00. The average molecular weight is 356 g/mol. The Morgan fingerprint density at radius 3 is 2.92 bits per heavy atom. The Hall–Kier alpha value is -2.52. The van der Waals surface area contributed by atoms with Gasteiger partial charge in [0.05, 0.1) is 6.20 Å². The van der Waals surface area contributed by atoms with Crippen molar-refractivity contribution in [2.45, 2.75) is 39.0 Å². The number of rotatable bonds is 4. The fourth-order valence-electron chi connectivity index (χ4n) is 2.85. The first-order valence-corrected chi connectivity index (χ1v) is 7.96. The zero-order chi connectivity index (χ0) is 18.0. The molecule has 1 aliphatic heterocycles. The van der Waals surface area contributed by atoms with Crippen LogP contribution in [0.3, 0.4) is 0 Å². The van der Waals surface area contributed by atoms with Gasteiger partial charge < -0.3 is 15.2 Å². The maximum atomic E-state index is 12.7. The molecule has 0 spiro atoms. The van der Waals surface area contributed by atoms with E-state index >= 15 is 0 Å². The molecule has 7 nitrogen and oxygen atoms in total. The van der Waals surface area contributed by atoms with Gasteiger partial charge in [0.15, 0.2) is 5.69 Å². The topological polar surface area (TPSA) is 87.6 Å². The van der Waals surface area contributed by atoms with Crippen molar-refractivity contribution in [2.24, 2.45) is 5.92 Å². The normalized spacial score (nSPS) is 17.2. The molecule has 0 aliphatic carbocycles. The van der Waals surface area contributed by atoms with E-state index in [1.54, 1.807) is 6.20 Å². The highest BCUT2D eigenvalue weighted by molar-refractivity contribution is 5.73. The Bertz CT molecular complexity index is 751. The van der Waals surface area contributed by atoms with E-state index < -0.39 is 11.9 Å². The first kappa shape index (κ1) is 17.3. The maximum absolute atomic E-state index is 12.7. The molecule has 136 valence electrons. The third-order valence-electron chi connectivity index (χ3n) is 4.31. The summed E-state index contributed by atoms with van der Waals surface area (Å²) in [5, 5.41) is 12.2. The smallest absolute Gasteiger partial charge is 0.338 e. The number of aryl methyl sites for hydroxylation is 2. The average Bonchev–Trinajstić information content (AvgIpc) is 3.16. The largest absolute Gasteiger partial charge is 0.434 e. The van der Waals surface area contributed by atoms with E-state index in [9.17, 15) is 18.0 Å². The summed E-state index contributed by atoms with van der Waals surface area (Å²) < 4.78 is 39.7. The van der Waals surface area contributed by atoms with Gasteiger partial charge in [0, 0.05) is 43.5 Å². The second-order valence-corrected chi connectivity index (χ2v) is 6.18. The lowest BCUT2D eigenvalue weighted by molar-refractivity contribution is -0.141. The zero-order valence-corrected chi connectivity index (χ0v) is 13.7. The molecule has 1 atom stereocenters. The fraction of sp³-hybridized carbons (Fsp3) is 0.533. The number of hydrogen-bond donors (Lipinski definition) is 3. The van der Waals surface area contributed by atoms with Crippen molar-refractivity contribution in [1.82, 2.24) is 30.4 Å². The number of carbonyl (C=O) groups excluding carboxylic acids is 1. The Balaban J connectivity index is 1.47. The predicted molar refractivity (Wildman–Crippen MR) is 82.6 cm³/mol. The molecule has 0 saturated heterocycles. The lowest BCUT2D eigenvalue weighted by Crippen LogP contribution is -2.39. The lowest BCUT2D eigenvalue weighted by Gasteiger charge is -2.23. The van der Waals surface area contributed by atoms with Gasteiger partial charge in [0.1, 0.15) is 5.82 Å². The summed E-state index contributed by atoms with van der Waals surface area (Å²) in [5.74, 6) is 0.521. The molecule has 0 fully saturated rings. The van der Waals surface area contributed by atoms with E-state index in [4.69, 9.17) is 0 Å². The molecule has 3 heterocycles. The summed E-state index contributed by atoms with van der Waals surface area (Å²) in [6.07, 6.45) is -0.574. The van der Waals surface area contributed by atoms with Gasteiger partial charge in [-0.25, -0.2) is 9.78 Å². The number of nitrogens with one attached hydrogen (secondary N) is 3. The summed E-state index contributed by atoms with van der Waals surface area (Å²) >= 11 is 0. The van der Waals surface area contributed by atoms with Crippen LogP contribution >= 0.6 is 0 Å². The van der Waals surface area contributed by atoms with Gasteiger partial charge in [-0.3, -0.25) is 5.10 Å². The van der Waals surface area contributed by atoms with Gasteiger partial charge in [-0.05, 0) is 19.3 Å². The molecule has 2 aromatic heterocycles. The van der Waals surface area contributed by atoms with Crippen molar-refractivity contribution < 1.29 is 18.0 Å². The molecule has 2 aromatic rings. The highest BCUT2D eigenvalue weighted by atomic mass is 19.4. The van der Waals surface area contributed by atoms with Crippen LogP contribution in [0.2, 0.25) is 0 Å². The van der Waals surface area contributed by atoms with Crippen LogP contribution in [0.25, 0.3) is 0 Å². The molecule has 0 bridgehead atoms. The van der Waals surface area contributed by atoms with Crippen molar-refractivity contribution in [3.05, 3.63) is 35.2 Å². The van der Waals surface area contributed by atoms with Crippen molar-refractivity contribution in [2.75, 3.05) is 6.54 Å². The Kier molecular flexibility index (Phi) is 4.69. The summed E-state index contributed by atoms with van der Waals surface area (Å²) in [6.45, 7) is 3.04. The summed E-state index contributed by atoms with van der Waals surface area (Å²) in [5.41, 5.74) is 0.931. The van der Waals surface area contributed by atoms with Gasteiger partial charge in [-0.15, -0.1) is 0 Å². The van der Waals surface area contributed by atoms with Crippen LogP contribution in [0.1, 0.15) is 29.2 Å². The van der Waals surface area contributed by atoms with E-state index in [1.807, 2.05) is 6.92 Å². The van der Waals surface area contributed by atoms with E-state index in [2.05, 4.69) is 25.8 Å². The Labute approximate surface area is 142 Å². The second kappa shape index (κ2) is 6.77. The number of nitrogens with zero attached hydrogens (tertiary/aromatic N) is 3. The molecule has 3 rings (SSSR count). The van der Waals surface area contributed by atoms with Crippen LogP contribution in [0, 0.1) is 12.8 Å². The minimum Gasteiger partial charge on any atom is -0.338 e. The van der Waals surface area contributed by atoms with Crippen LogP contribution in [0.4, 0.5) is 18.0 Å². The molecule has 0 saturated carbocycles. The fourth-order valence-corrected chi connectivity index (χ4v) is 2.85. The first-order chi connectivity index (χ1) is 11.8. The summed E-state index contributed by atoms with van der Waals surface area (Å²) in [4.78, 5) is 15.5. The molecule has 3 N–H and O–H groups in total. The standard InChI is InChI=1S/C15H19F3N6O/c1-9-11(6-21-23-9)5-20-14(25)19-4-10-2-3-13-22-12(15(16,17)18)8-24(13)7-10/h6,8,10H,2-5,7H2,1H3,(H,21,23)(H2,19,20,25). The van der Waals surface area contributed by atoms with Crippen molar-refractivity contribution >= 4 is 6.03 Å². The molecule has 25 heavy (non-hydrogen) atoms. The van der Waals surface area contributed by atoms with E-state index in [0.29, 0.717) is 38.3 Å². The Morgan fingerprint density at radius 2 is 2.24 bits per heavy atom. The lowest BCUT2D eigenvalue weighted by atomic mass is 9.99. The van der Waals surface area contributed by atoms with Gasteiger partial charge in [-0.2, -0.15) is 18.3 Å². The van der Waals surface area contributed by atoms with Gasteiger partial charge in [0.25, 0.3) is 0 Å². The number of alkyl halides is 3. The number of fused-ring (bicyclic) bond motifs is 1. The molecular weight excluding hydrogens is 337 g/mol. The minimum atomic E-state index is -4.43. The molecule has 10 heteroatoms. The molecular formula is C15H19F3N6O. The first-order valence-electron chi connectivity index (χ1n) is 7.96. The van der Waals surface area contributed by atoms with Crippen LogP contribution in [0.15, 0.2) is 12.4 Å². The van der Waals surface area contributed by atoms with E-state index in [0.717, 1.165) is 17.5 Å². The highest BCUT2D eigenvalue weighted by Gasteiger charge is 2.35. The maximum Gasteiger partial charge on any atom is 0.434 e. The number of halogens is 3. The number of urea groups is 1. The SMILES string of the molecule is Cc1[nH]ncc1CNC(=O)NCC1CCc2nc(C(F)(F)F)cn2C1. The molecule has 2 amide bonds. The van der Waals surface area contributed by atoms with Crippen molar-refractivity contribution in [3.8, 4) is 0 Å². The van der Waals surface area contributed by atoms with Gasteiger partial charge >= 0.3 is 12.2 Å². The molecule has 1 unspecified atom stereocenters. The third-order valence-corrected chi connectivity index (χ3v) is 4.31. The van der Waals surface area contributed by atoms with Crippen molar-refractivity contribution in [1.29, 1.82) is 0 Å². The summed E-state index contributed by atoms with van der Waals surface area (Å²) in [7, 11) is 0. The number of amides is 2. The monoisotopic (exact) mass is 356 g/mol. The minimum absolute atomic E-state index is 0.0733. The number of imidazole rings is 1. The van der Waals surface area contributed by atoms with Gasteiger partial charge in [0.2, 0.25) is 0 Å². The number of carbonyl (C=O) groups is 1. The highest BCUT2D eigenvalue weighted by Crippen LogP contribution is 2.30. The van der Waals surface area contributed by atoms with E-state index in [-0.39, 0.29) is 11.9 Å². The molecule has 1 aliphatic rings. The quantitative estimate of drug-likeness (QED) is 0.783. The van der Waals surface area contributed by atoms with Crippen molar-refractivity contribution in [3.63, 3.8) is 0 Å². The number of aromatic amines is 1. The van der Waals surface area contributed by atoms with Gasteiger partial charge in [-0.1, -0.05) is 0 Å². The molecule has 0 aromatic carbocycles. The summed E-state index contributed by atoms with van der Waals surface area (Å²) in [6, 6.07) is -0.312. The van der Waals surface area contributed by atoms with Crippen LogP contribution in [0.5, 0.6) is 0 Å². The van der Waals surface area contributed by atoms with Crippen LogP contribution in [-0.2, 0) is 25.7 Å². The Morgan fingerprint density at radius 1 is 1.44 bits per heavy atom.